The van der Waals surface area contributed by atoms with Gasteiger partial charge in [-0.15, -0.1) is 0 Å². The smallest absolute Gasteiger partial charge is 0.320 e. The van der Waals surface area contributed by atoms with Gasteiger partial charge in [0.15, 0.2) is 11.5 Å². The molecule has 2 N–H and O–H groups in total. The number of carboxylic acids is 1. The average Bonchev–Trinajstić information content (AvgIpc) is 2.94. The van der Waals surface area contributed by atoms with Gasteiger partial charge in [-0.2, -0.15) is 0 Å². The Bertz CT molecular complexity index is 623. The number of carbonyl (C=O) groups excluding carboxylic acids is 1. The first-order valence-electron chi connectivity index (χ1n) is 7.90. The highest BCUT2D eigenvalue weighted by Gasteiger charge is 2.35. The number of aliphatic carboxylic acids is 1. The SMILES string of the molecule is COc1cc(CC(=O)N[C@@H]2C[C@@H](C(=O)O)N(C)C2)cc(OC)c1OC. The van der Waals surface area contributed by atoms with Crippen molar-refractivity contribution in [2.24, 2.45) is 0 Å². The highest BCUT2D eigenvalue weighted by molar-refractivity contribution is 5.80. The molecule has 1 fully saturated rings. The van der Waals surface area contributed by atoms with Crippen LogP contribution in [-0.2, 0) is 16.0 Å². The Morgan fingerprint density at radius 2 is 1.80 bits per heavy atom. The molecule has 1 amide bonds. The Kier molecular flexibility index (Phi) is 6.08. The number of carbonyl (C=O) groups is 2. The molecule has 8 nitrogen and oxygen atoms in total. The number of methoxy groups -OCH3 is 3. The van der Waals surface area contributed by atoms with Crippen molar-refractivity contribution < 1.29 is 28.9 Å². The topological polar surface area (TPSA) is 97.3 Å². The van der Waals surface area contributed by atoms with Crippen molar-refractivity contribution in [1.29, 1.82) is 0 Å². The number of likely N-dealkylation sites (N-methyl/N-ethyl adjacent to an activating group) is 1. The van der Waals surface area contributed by atoms with Crippen LogP contribution in [0.4, 0.5) is 0 Å². The van der Waals surface area contributed by atoms with Crippen LogP contribution in [0.25, 0.3) is 0 Å². The van der Waals surface area contributed by atoms with E-state index in [0.29, 0.717) is 35.8 Å². The summed E-state index contributed by atoms with van der Waals surface area (Å²) in [5.74, 6) is 0.380. The molecular formula is C17H24N2O6. The van der Waals surface area contributed by atoms with Gasteiger partial charge in [0.25, 0.3) is 0 Å². The summed E-state index contributed by atoms with van der Waals surface area (Å²) in [5, 5.41) is 12.0. The molecule has 2 rings (SSSR count). The molecule has 1 aromatic rings. The van der Waals surface area contributed by atoms with E-state index in [1.54, 1.807) is 24.1 Å². The zero-order chi connectivity index (χ0) is 18.6. The Morgan fingerprint density at radius 1 is 1.20 bits per heavy atom. The summed E-state index contributed by atoms with van der Waals surface area (Å²) in [6, 6.07) is 2.70. The van der Waals surface area contributed by atoms with E-state index in [1.165, 1.54) is 21.3 Å². The number of hydrogen-bond acceptors (Lipinski definition) is 6. The van der Waals surface area contributed by atoms with Crippen molar-refractivity contribution in [3.63, 3.8) is 0 Å². The second-order valence-corrected chi connectivity index (χ2v) is 6.00. The van der Waals surface area contributed by atoms with Gasteiger partial charge in [-0.3, -0.25) is 14.5 Å². The Balaban J connectivity index is 2.05. The van der Waals surface area contributed by atoms with Crippen molar-refractivity contribution in [2.75, 3.05) is 34.9 Å². The fourth-order valence-corrected chi connectivity index (χ4v) is 3.09. The number of nitrogens with one attached hydrogen (secondary N) is 1. The van der Waals surface area contributed by atoms with Gasteiger partial charge < -0.3 is 24.6 Å². The summed E-state index contributed by atoms with van der Waals surface area (Å²) >= 11 is 0. The van der Waals surface area contributed by atoms with E-state index < -0.39 is 12.0 Å². The minimum atomic E-state index is -0.871. The minimum Gasteiger partial charge on any atom is -0.493 e. The van der Waals surface area contributed by atoms with E-state index >= 15 is 0 Å². The number of carboxylic acid groups (broad SMARTS) is 1. The normalized spacial score (nSPS) is 20.2. The van der Waals surface area contributed by atoms with Crippen molar-refractivity contribution in [2.45, 2.75) is 24.9 Å². The fourth-order valence-electron chi connectivity index (χ4n) is 3.09. The summed E-state index contributed by atoms with van der Waals surface area (Å²) in [5.41, 5.74) is 0.716. The van der Waals surface area contributed by atoms with Crippen LogP contribution in [0.1, 0.15) is 12.0 Å². The first-order chi connectivity index (χ1) is 11.9. The number of nitrogens with zero attached hydrogens (tertiary/aromatic N) is 1. The second-order valence-electron chi connectivity index (χ2n) is 6.00. The summed E-state index contributed by atoms with van der Waals surface area (Å²) < 4.78 is 15.8. The van der Waals surface area contributed by atoms with Crippen LogP contribution in [-0.4, -0.2) is 68.9 Å². The molecular weight excluding hydrogens is 328 g/mol. The molecule has 8 heteroatoms. The third-order valence-corrected chi connectivity index (χ3v) is 4.29. The lowest BCUT2D eigenvalue weighted by molar-refractivity contribution is -0.141. The van der Waals surface area contributed by atoms with Gasteiger partial charge in [0.2, 0.25) is 11.7 Å². The van der Waals surface area contributed by atoms with Crippen molar-refractivity contribution in [3.8, 4) is 17.2 Å². The molecule has 0 spiro atoms. The van der Waals surface area contributed by atoms with E-state index in [1.807, 2.05) is 0 Å². The average molecular weight is 352 g/mol. The Hall–Kier alpha value is -2.48. The summed E-state index contributed by atoms with van der Waals surface area (Å²) in [6.45, 7) is 0.512. The molecule has 1 saturated heterocycles. The number of benzene rings is 1. The quantitative estimate of drug-likeness (QED) is 0.739. The number of hydrogen-bond donors (Lipinski definition) is 2. The highest BCUT2D eigenvalue weighted by atomic mass is 16.5. The molecule has 25 heavy (non-hydrogen) atoms. The first kappa shape index (κ1) is 18.9. The Labute approximate surface area is 146 Å². The molecule has 0 aromatic heterocycles. The third kappa shape index (κ3) is 4.33. The van der Waals surface area contributed by atoms with Gasteiger partial charge in [-0.05, 0) is 31.2 Å². The van der Waals surface area contributed by atoms with Crippen LogP contribution in [0.3, 0.4) is 0 Å². The van der Waals surface area contributed by atoms with Gasteiger partial charge in [-0.25, -0.2) is 0 Å². The minimum absolute atomic E-state index is 0.134. The maximum Gasteiger partial charge on any atom is 0.320 e. The van der Waals surface area contributed by atoms with Crippen LogP contribution in [0.15, 0.2) is 12.1 Å². The van der Waals surface area contributed by atoms with E-state index in [0.717, 1.165) is 0 Å². The molecule has 0 aliphatic carbocycles. The molecule has 0 radical (unpaired) electrons. The maximum absolute atomic E-state index is 12.3. The predicted octanol–water partition coefficient (Wildman–Crippen LogP) is 0.528. The van der Waals surface area contributed by atoms with Crippen LogP contribution >= 0.6 is 0 Å². The highest BCUT2D eigenvalue weighted by Crippen LogP contribution is 2.38. The monoisotopic (exact) mass is 352 g/mol. The van der Waals surface area contributed by atoms with E-state index in [4.69, 9.17) is 19.3 Å². The lowest BCUT2D eigenvalue weighted by Gasteiger charge is -2.15. The third-order valence-electron chi connectivity index (χ3n) is 4.29. The summed E-state index contributed by atoms with van der Waals surface area (Å²) in [4.78, 5) is 25.2. The van der Waals surface area contributed by atoms with Crippen molar-refractivity contribution in [1.82, 2.24) is 10.2 Å². The van der Waals surface area contributed by atoms with Crippen LogP contribution in [0.2, 0.25) is 0 Å². The number of rotatable bonds is 7. The lowest BCUT2D eigenvalue weighted by atomic mass is 10.1. The zero-order valence-electron chi connectivity index (χ0n) is 14.9. The van der Waals surface area contributed by atoms with E-state index in [9.17, 15) is 9.59 Å². The maximum atomic E-state index is 12.3. The van der Waals surface area contributed by atoms with Gasteiger partial charge >= 0.3 is 5.97 Å². The van der Waals surface area contributed by atoms with Crippen molar-refractivity contribution in [3.05, 3.63) is 17.7 Å². The molecule has 1 aliphatic heterocycles. The largest absolute Gasteiger partial charge is 0.493 e. The molecule has 138 valence electrons. The van der Waals surface area contributed by atoms with Gasteiger partial charge in [-0.1, -0.05) is 0 Å². The van der Waals surface area contributed by atoms with E-state index in [-0.39, 0.29) is 18.4 Å². The molecule has 0 saturated carbocycles. The second kappa shape index (κ2) is 8.06. The molecule has 0 bridgehead atoms. The zero-order valence-corrected chi connectivity index (χ0v) is 14.9. The molecule has 1 aromatic carbocycles. The first-order valence-corrected chi connectivity index (χ1v) is 7.90. The molecule has 1 heterocycles. The van der Waals surface area contributed by atoms with Crippen LogP contribution in [0.5, 0.6) is 17.2 Å². The lowest BCUT2D eigenvalue weighted by Crippen LogP contribution is -2.37. The number of likely N-dealkylation sites (tertiary alicyclic amines) is 1. The van der Waals surface area contributed by atoms with Crippen molar-refractivity contribution >= 4 is 11.9 Å². The summed E-state index contributed by atoms with van der Waals surface area (Å²) in [7, 11) is 6.29. The molecule has 2 atom stereocenters. The number of ether oxygens (including phenoxy) is 3. The fraction of sp³-hybridized carbons (Fsp3) is 0.529. The standard InChI is InChI=1S/C17H24N2O6/c1-19-9-11(8-12(19)17(21)22)18-15(20)7-10-5-13(23-2)16(25-4)14(6-10)24-3/h5-6,11-12H,7-9H2,1-4H3,(H,18,20)(H,21,22)/t11-,12+/m1/s1. The number of amides is 1. The summed E-state index contributed by atoms with van der Waals surface area (Å²) in [6.07, 6.45) is 0.529. The van der Waals surface area contributed by atoms with Gasteiger partial charge in [0.1, 0.15) is 6.04 Å². The van der Waals surface area contributed by atoms with Crippen LogP contribution < -0.4 is 19.5 Å². The molecule has 0 unspecified atom stereocenters. The van der Waals surface area contributed by atoms with Crippen LogP contribution in [0, 0.1) is 0 Å². The van der Waals surface area contributed by atoms with Gasteiger partial charge in [0.05, 0.1) is 27.8 Å². The van der Waals surface area contributed by atoms with E-state index in [2.05, 4.69) is 5.32 Å². The Morgan fingerprint density at radius 3 is 2.24 bits per heavy atom. The predicted molar refractivity (Wildman–Crippen MR) is 90.4 cm³/mol. The van der Waals surface area contributed by atoms with Gasteiger partial charge in [0, 0.05) is 12.6 Å². The molecule has 1 aliphatic rings.